The van der Waals surface area contributed by atoms with Crippen LogP contribution in [0.15, 0.2) is 54.6 Å². The maximum Gasteiger partial charge on any atom is 0.500 e. The van der Waals surface area contributed by atoms with Gasteiger partial charge in [-0.15, -0.1) is 0 Å². The SMILES string of the molecule is CCO[Si](CCCN(CCC[Si](OCC)(OCC)OCC)c1cccc(C(=O)Oc2ccccc2)c1)(OCC)OCC. The van der Waals surface area contributed by atoms with Gasteiger partial charge in [0.05, 0.1) is 5.56 Å². The van der Waals surface area contributed by atoms with Gasteiger partial charge in [0.25, 0.3) is 0 Å². The van der Waals surface area contributed by atoms with Crippen molar-refractivity contribution in [2.24, 2.45) is 0 Å². The summed E-state index contributed by atoms with van der Waals surface area (Å²) in [6.07, 6.45) is 1.60. The number of nitrogens with zero attached hydrogens (tertiary/aromatic N) is 1. The van der Waals surface area contributed by atoms with E-state index in [1.54, 1.807) is 18.2 Å². The molecule has 0 aliphatic rings. The largest absolute Gasteiger partial charge is 0.500 e. The predicted molar refractivity (Wildman–Crippen MR) is 170 cm³/mol. The average molecular weight is 622 g/mol. The lowest BCUT2D eigenvalue weighted by molar-refractivity contribution is 0.0705. The van der Waals surface area contributed by atoms with Crippen molar-refractivity contribution in [1.82, 2.24) is 0 Å². The minimum atomic E-state index is -2.78. The van der Waals surface area contributed by atoms with E-state index < -0.39 is 23.6 Å². The molecule has 42 heavy (non-hydrogen) atoms. The summed E-state index contributed by atoms with van der Waals surface area (Å²) in [6, 6.07) is 18.1. The summed E-state index contributed by atoms with van der Waals surface area (Å²) in [7, 11) is -5.57. The maximum absolute atomic E-state index is 13.0. The topological polar surface area (TPSA) is 84.9 Å². The van der Waals surface area contributed by atoms with Crippen molar-refractivity contribution >= 4 is 29.3 Å². The van der Waals surface area contributed by atoms with Crippen molar-refractivity contribution < 1.29 is 36.1 Å². The minimum Gasteiger partial charge on any atom is -0.423 e. The highest BCUT2D eigenvalue weighted by molar-refractivity contribution is 6.61. The van der Waals surface area contributed by atoms with Crippen molar-refractivity contribution in [2.75, 3.05) is 57.6 Å². The highest BCUT2D eigenvalue weighted by atomic mass is 28.4. The second kappa shape index (κ2) is 20.0. The molecule has 0 aliphatic heterocycles. The number of para-hydroxylation sites is 1. The number of carbonyl (C=O) groups is 1. The van der Waals surface area contributed by atoms with Crippen LogP contribution in [-0.4, -0.2) is 76.3 Å². The molecule has 0 atom stereocenters. The third-order valence-electron chi connectivity index (χ3n) is 6.41. The van der Waals surface area contributed by atoms with Gasteiger partial charge in [-0.2, -0.15) is 0 Å². The van der Waals surface area contributed by atoms with E-state index in [-0.39, 0.29) is 0 Å². The fraction of sp³-hybridized carbons (Fsp3) is 0.581. The smallest absolute Gasteiger partial charge is 0.423 e. The summed E-state index contributed by atoms with van der Waals surface area (Å²) < 4.78 is 42.1. The van der Waals surface area contributed by atoms with Crippen LogP contribution in [0, 0.1) is 0 Å². The van der Waals surface area contributed by atoms with Crippen molar-refractivity contribution in [3.8, 4) is 5.75 Å². The lowest BCUT2D eigenvalue weighted by Gasteiger charge is -2.32. The van der Waals surface area contributed by atoms with Crippen LogP contribution in [0.4, 0.5) is 5.69 Å². The molecular formula is C31H51NO8Si2. The standard InChI is InChI=1S/C31H51NO8Si2/c1-7-34-41(35-8-2,36-9-3)25-17-23-32(24-18-26-42(37-10-4,38-11-5)39-12-6)29-20-16-19-28(27-29)31(33)40-30-21-14-13-15-22-30/h13-16,19-22,27H,7-12,17-18,23-26H2,1-6H3. The fourth-order valence-corrected chi connectivity index (χ4v) is 10.0. The number of hydrogen-bond acceptors (Lipinski definition) is 9. The zero-order chi connectivity index (χ0) is 30.7. The Morgan fingerprint density at radius 1 is 0.619 bits per heavy atom. The highest BCUT2D eigenvalue weighted by Crippen LogP contribution is 2.25. The van der Waals surface area contributed by atoms with Gasteiger partial charge in [0.2, 0.25) is 0 Å². The molecule has 0 unspecified atom stereocenters. The lowest BCUT2D eigenvalue weighted by atomic mass is 10.1. The Hall–Kier alpha value is -2.10. The summed E-state index contributed by atoms with van der Waals surface area (Å²) in [5.74, 6) is 0.117. The summed E-state index contributed by atoms with van der Waals surface area (Å²) in [4.78, 5) is 15.3. The molecule has 0 amide bonds. The number of rotatable bonds is 23. The van der Waals surface area contributed by atoms with Crippen LogP contribution in [0.2, 0.25) is 12.1 Å². The predicted octanol–water partition coefficient (Wildman–Crippen LogP) is 6.59. The second-order valence-electron chi connectivity index (χ2n) is 9.41. The quantitative estimate of drug-likeness (QED) is 0.0775. The molecule has 2 aromatic rings. The van der Waals surface area contributed by atoms with Gasteiger partial charge in [-0.3, -0.25) is 0 Å². The van der Waals surface area contributed by atoms with Crippen LogP contribution in [-0.2, 0) is 26.6 Å². The molecule has 0 bridgehead atoms. The number of anilines is 1. The third-order valence-corrected chi connectivity index (χ3v) is 12.7. The maximum atomic E-state index is 13.0. The first-order chi connectivity index (χ1) is 20.4. The number of ether oxygens (including phenoxy) is 1. The van der Waals surface area contributed by atoms with Crippen LogP contribution in [0.1, 0.15) is 64.7 Å². The summed E-state index contributed by atoms with van der Waals surface area (Å²) in [5, 5.41) is 0. The first-order valence-electron chi connectivity index (χ1n) is 15.4. The van der Waals surface area contributed by atoms with E-state index in [9.17, 15) is 4.79 Å². The van der Waals surface area contributed by atoms with Crippen molar-refractivity contribution in [3.63, 3.8) is 0 Å². The zero-order valence-corrected chi connectivity index (χ0v) is 28.4. The van der Waals surface area contributed by atoms with E-state index in [4.69, 9.17) is 31.3 Å². The van der Waals surface area contributed by atoms with Gasteiger partial charge in [0.15, 0.2) is 0 Å². The highest BCUT2D eigenvalue weighted by Gasteiger charge is 2.41. The Kier molecular flexibility index (Phi) is 17.2. The molecule has 0 N–H and O–H groups in total. The lowest BCUT2D eigenvalue weighted by Crippen LogP contribution is -2.47. The van der Waals surface area contributed by atoms with Gasteiger partial charge in [-0.25, -0.2) is 4.79 Å². The molecule has 0 spiro atoms. The van der Waals surface area contributed by atoms with E-state index in [0.29, 0.717) is 63.0 Å². The second-order valence-corrected chi connectivity index (χ2v) is 14.9. The monoisotopic (exact) mass is 621 g/mol. The number of hydrogen-bond donors (Lipinski definition) is 0. The van der Waals surface area contributed by atoms with Gasteiger partial charge in [-0.05, 0) is 84.7 Å². The number of esters is 1. The van der Waals surface area contributed by atoms with Crippen molar-refractivity contribution in [3.05, 3.63) is 60.2 Å². The Morgan fingerprint density at radius 3 is 1.50 bits per heavy atom. The minimum absolute atomic E-state index is 0.395. The van der Waals surface area contributed by atoms with E-state index in [0.717, 1.165) is 31.6 Å². The first kappa shape index (κ1) is 36.1. The molecule has 11 heteroatoms. The first-order valence-corrected chi connectivity index (χ1v) is 19.2. The van der Waals surface area contributed by atoms with Crippen molar-refractivity contribution in [2.45, 2.75) is 66.5 Å². The fourth-order valence-electron chi connectivity index (χ4n) is 4.83. The molecule has 0 aliphatic carbocycles. The number of benzene rings is 2. The Labute approximate surface area is 255 Å². The van der Waals surface area contributed by atoms with E-state index in [1.165, 1.54) is 0 Å². The molecule has 236 valence electrons. The molecule has 2 rings (SSSR count). The Balaban J connectivity index is 2.25. The Morgan fingerprint density at radius 2 is 1.07 bits per heavy atom. The van der Waals surface area contributed by atoms with E-state index >= 15 is 0 Å². The summed E-state index contributed by atoms with van der Waals surface area (Å²) in [6.45, 7) is 16.5. The number of carbonyl (C=O) groups excluding carboxylic acids is 1. The van der Waals surface area contributed by atoms with Gasteiger partial charge in [0, 0.05) is 70.5 Å². The summed E-state index contributed by atoms with van der Waals surface area (Å²) in [5.41, 5.74) is 1.43. The molecule has 0 aromatic heterocycles. The third kappa shape index (κ3) is 11.9. The Bertz CT molecular complexity index is 947. The van der Waals surface area contributed by atoms with Gasteiger partial charge < -0.3 is 36.2 Å². The molecule has 0 saturated heterocycles. The van der Waals surface area contributed by atoms with E-state index in [2.05, 4.69) is 4.90 Å². The van der Waals surface area contributed by atoms with Crippen molar-refractivity contribution in [1.29, 1.82) is 0 Å². The van der Waals surface area contributed by atoms with Crippen LogP contribution in [0.25, 0.3) is 0 Å². The van der Waals surface area contributed by atoms with Crippen LogP contribution < -0.4 is 9.64 Å². The average Bonchev–Trinajstić information content (AvgIpc) is 2.98. The molecule has 0 fully saturated rings. The summed E-state index contributed by atoms with van der Waals surface area (Å²) >= 11 is 0. The zero-order valence-electron chi connectivity index (χ0n) is 26.4. The van der Waals surface area contributed by atoms with Gasteiger partial charge >= 0.3 is 23.6 Å². The molecule has 0 heterocycles. The molecule has 0 radical (unpaired) electrons. The van der Waals surface area contributed by atoms with E-state index in [1.807, 2.05) is 77.9 Å². The van der Waals surface area contributed by atoms with Gasteiger partial charge in [-0.1, -0.05) is 24.3 Å². The molecule has 0 saturated carbocycles. The van der Waals surface area contributed by atoms with Crippen LogP contribution in [0.3, 0.4) is 0 Å². The van der Waals surface area contributed by atoms with Crippen LogP contribution >= 0.6 is 0 Å². The molecular weight excluding hydrogens is 571 g/mol. The van der Waals surface area contributed by atoms with Crippen LogP contribution in [0.5, 0.6) is 5.75 Å². The van der Waals surface area contributed by atoms with Gasteiger partial charge in [0.1, 0.15) is 5.75 Å². The normalized spacial score (nSPS) is 12.0. The molecule has 9 nitrogen and oxygen atoms in total. The molecule has 2 aromatic carbocycles.